The predicted octanol–water partition coefficient (Wildman–Crippen LogP) is 2.71. The van der Waals surface area contributed by atoms with Gasteiger partial charge in [0.15, 0.2) is 0 Å². The fourth-order valence-corrected chi connectivity index (χ4v) is 3.06. The number of cyclic esters (lactones) is 1. The lowest BCUT2D eigenvalue weighted by Crippen LogP contribution is -2.36. The number of benzene rings is 1. The van der Waals surface area contributed by atoms with Crippen molar-refractivity contribution in [2.45, 2.75) is 33.7 Å². The van der Waals surface area contributed by atoms with Crippen LogP contribution in [-0.2, 0) is 4.74 Å². The van der Waals surface area contributed by atoms with Gasteiger partial charge in [0, 0.05) is 6.54 Å². The summed E-state index contributed by atoms with van der Waals surface area (Å²) in [6, 6.07) is 4.57. The Morgan fingerprint density at radius 2 is 1.95 bits per heavy atom. The Hall–Kier alpha value is -1.55. The van der Waals surface area contributed by atoms with E-state index in [1.807, 2.05) is 0 Å². The normalized spacial score (nSPS) is 16.4. The highest BCUT2D eigenvalue weighted by molar-refractivity contribution is 5.69. The summed E-state index contributed by atoms with van der Waals surface area (Å²) in [6.07, 6.45) is -0.199. The van der Waals surface area contributed by atoms with Gasteiger partial charge in [0.1, 0.15) is 6.61 Å². The standard InChI is InChI=1S/C16H24N2O2/c1-5-17-14(10-18-6-7-20-16(18)19)15-12(3)8-11(2)9-13(15)4/h8-9,14,17H,5-7,10H2,1-4H3. The molecule has 1 unspecified atom stereocenters. The highest BCUT2D eigenvalue weighted by atomic mass is 16.6. The molecule has 0 saturated carbocycles. The highest BCUT2D eigenvalue weighted by Gasteiger charge is 2.26. The minimum absolute atomic E-state index is 0.159. The van der Waals surface area contributed by atoms with Crippen molar-refractivity contribution in [2.24, 2.45) is 0 Å². The second-order valence-corrected chi connectivity index (χ2v) is 5.48. The second kappa shape index (κ2) is 6.27. The first-order chi connectivity index (χ1) is 9.52. The lowest BCUT2D eigenvalue weighted by Gasteiger charge is -2.26. The SMILES string of the molecule is CCNC(CN1CCOC1=O)c1c(C)cc(C)cc1C. The molecule has 1 fully saturated rings. The zero-order chi connectivity index (χ0) is 14.7. The number of carbonyl (C=O) groups excluding carboxylic acids is 1. The first-order valence-corrected chi connectivity index (χ1v) is 7.25. The van der Waals surface area contributed by atoms with Crippen LogP contribution >= 0.6 is 0 Å². The van der Waals surface area contributed by atoms with Gasteiger partial charge >= 0.3 is 6.09 Å². The highest BCUT2D eigenvalue weighted by Crippen LogP contribution is 2.25. The molecule has 1 amide bonds. The lowest BCUT2D eigenvalue weighted by molar-refractivity contribution is 0.155. The van der Waals surface area contributed by atoms with Crippen LogP contribution in [0.4, 0.5) is 4.79 Å². The Morgan fingerprint density at radius 3 is 2.45 bits per heavy atom. The Morgan fingerprint density at radius 1 is 1.30 bits per heavy atom. The van der Waals surface area contributed by atoms with E-state index in [1.165, 1.54) is 22.3 Å². The average Bonchev–Trinajstić information content (AvgIpc) is 2.74. The van der Waals surface area contributed by atoms with Crippen molar-refractivity contribution in [1.29, 1.82) is 0 Å². The lowest BCUT2D eigenvalue weighted by atomic mass is 9.93. The molecule has 1 aromatic carbocycles. The molecule has 0 aliphatic carbocycles. The minimum atomic E-state index is -0.199. The third-order valence-corrected chi connectivity index (χ3v) is 3.78. The van der Waals surface area contributed by atoms with E-state index in [-0.39, 0.29) is 12.1 Å². The summed E-state index contributed by atoms with van der Waals surface area (Å²) in [6.45, 7) is 11.2. The van der Waals surface area contributed by atoms with Crippen LogP contribution in [0.2, 0.25) is 0 Å². The Labute approximate surface area is 121 Å². The van der Waals surface area contributed by atoms with Crippen LogP contribution in [0.3, 0.4) is 0 Å². The average molecular weight is 276 g/mol. The zero-order valence-corrected chi connectivity index (χ0v) is 12.8. The molecule has 1 N–H and O–H groups in total. The molecule has 1 aliphatic heterocycles. The number of nitrogens with one attached hydrogen (secondary N) is 1. The van der Waals surface area contributed by atoms with Crippen molar-refractivity contribution in [3.63, 3.8) is 0 Å². The number of carbonyl (C=O) groups is 1. The zero-order valence-electron chi connectivity index (χ0n) is 12.8. The molecule has 0 aromatic heterocycles. The van der Waals surface area contributed by atoms with E-state index in [9.17, 15) is 4.79 Å². The van der Waals surface area contributed by atoms with Gasteiger partial charge in [-0.3, -0.25) is 0 Å². The van der Waals surface area contributed by atoms with Gasteiger partial charge in [-0.25, -0.2) is 4.79 Å². The summed E-state index contributed by atoms with van der Waals surface area (Å²) in [5.74, 6) is 0. The van der Waals surface area contributed by atoms with Gasteiger partial charge in [0.25, 0.3) is 0 Å². The number of amides is 1. The van der Waals surface area contributed by atoms with Gasteiger partial charge in [-0.15, -0.1) is 0 Å². The van der Waals surface area contributed by atoms with Crippen molar-refractivity contribution >= 4 is 6.09 Å². The van der Waals surface area contributed by atoms with Crippen LogP contribution in [0.1, 0.15) is 35.2 Å². The molecular weight excluding hydrogens is 252 g/mol. The summed E-state index contributed by atoms with van der Waals surface area (Å²) in [5, 5.41) is 3.50. The van der Waals surface area contributed by atoms with Crippen LogP contribution < -0.4 is 5.32 Å². The predicted molar refractivity (Wildman–Crippen MR) is 80.0 cm³/mol. The molecule has 0 bridgehead atoms. The van der Waals surface area contributed by atoms with Gasteiger partial charge in [0.2, 0.25) is 0 Å². The first-order valence-electron chi connectivity index (χ1n) is 7.25. The minimum Gasteiger partial charge on any atom is -0.448 e. The molecule has 1 atom stereocenters. The van der Waals surface area contributed by atoms with Crippen molar-refractivity contribution in [3.8, 4) is 0 Å². The summed E-state index contributed by atoms with van der Waals surface area (Å²) >= 11 is 0. The van der Waals surface area contributed by atoms with Crippen LogP contribution in [0, 0.1) is 20.8 Å². The van der Waals surface area contributed by atoms with Crippen LogP contribution in [-0.4, -0.2) is 37.2 Å². The van der Waals surface area contributed by atoms with Gasteiger partial charge in [-0.2, -0.15) is 0 Å². The van der Waals surface area contributed by atoms with Gasteiger partial charge in [-0.1, -0.05) is 24.6 Å². The number of hydrogen-bond acceptors (Lipinski definition) is 3. The van der Waals surface area contributed by atoms with Crippen molar-refractivity contribution < 1.29 is 9.53 Å². The fourth-order valence-electron chi connectivity index (χ4n) is 3.06. The third-order valence-electron chi connectivity index (χ3n) is 3.78. The van der Waals surface area contributed by atoms with E-state index in [2.05, 4.69) is 45.1 Å². The van der Waals surface area contributed by atoms with Gasteiger partial charge in [-0.05, 0) is 44.0 Å². The first kappa shape index (κ1) is 14.9. The Balaban J connectivity index is 2.26. The number of hydrogen-bond donors (Lipinski definition) is 1. The van der Waals surface area contributed by atoms with Crippen LogP contribution in [0.15, 0.2) is 12.1 Å². The molecule has 0 radical (unpaired) electrons. The Kier molecular flexibility index (Phi) is 4.65. The molecule has 1 aliphatic rings. The molecule has 1 heterocycles. The molecule has 0 spiro atoms. The fraction of sp³-hybridized carbons (Fsp3) is 0.562. The molecule has 1 aromatic rings. The van der Waals surface area contributed by atoms with E-state index in [0.29, 0.717) is 19.7 Å². The molecular formula is C16H24N2O2. The van der Waals surface area contributed by atoms with Gasteiger partial charge < -0.3 is 15.0 Å². The number of ether oxygens (including phenoxy) is 1. The summed E-state index contributed by atoms with van der Waals surface area (Å²) in [5.41, 5.74) is 5.14. The van der Waals surface area contributed by atoms with E-state index in [1.54, 1.807) is 4.90 Å². The second-order valence-electron chi connectivity index (χ2n) is 5.48. The third kappa shape index (κ3) is 3.12. The number of nitrogens with zero attached hydrogens (tertiary/aromatic N) is 1. The summed E-state index contributed by atoms with van der Waals surface area (Å²) in [7, 11) is 0. The molecule has 4 nitrogen and oxygen atoms in total. The molecule has 2 rings (SSSR count). The smallest absolute Gasteiger partial charge is 0.410 e. The number of rotatable bonds is 5. The van der Waals surface area contributed by atoms with Crippen molar-refractivity contribution in [2.75, 3.05) is 26.2 Å². The van der Waals surface area contributed by atoms with Crippen molar-refractivity contribution in [3.05, 3.63) is 34.4 Å². The molecule has 4 heteroatoms. The van der Waals surface area contributed by atoms with Crippen LogP contribution in [0.5, 0.6) is 0 Å². The summed E-state index contributed by atoms with van der Waals surface area (Å²) < 4.78 is 5.02. The number of aryl methyl sites for hydroxylation is 3. The van der Waals surface area contributed by atoms with Crippen molar-refractivity contribution in [1.82, 2.24) is 10.2 Å². The largest absolute Gasteiger partial charge is 0.448 e. The maximum absolute atomic E-state index is 11.6. The summed E-state index contributed by atoms with van der Waals surface area (Å²) in [4.78, 5) is 13.4. The quantitative estimate of drug-likeness (QED) is 0.899. The van der Waals surface area contributed by atoms with E-state index >= 15 is 0 Å². The van der Waals surface area contributed by atoms with Crippen LogP contribution in [0.25, 0.3) is 0 Å². The van der Waals surface area contributed by atoms with Gasteiger partial charge in [0.05, 0.1) is 12.6 Å². The maximum atomic E-state index is 11.6. The van der Waals surface area contributed by atoms with E-state index in [4.69, 9.17) is 4.74 Å². The topological polar surface area (TPSA) is 41.6 Å². The monoisotopic (exact) mass is 276 g/mol. The number of likely N-dealkylation sites (N-methyl/N-ethyl adjacent to an activating group) is 1. The molecule has 20 heavy (non-hydrogen) atoms. The van der Waals surface area contributed by atoms with E-state index < -0.39 is 0 Å². The maximum Gasteiger partial charge on any atom is 0.410 e. The molecule has 110 valence electrons. The Bertz CT molecular complexity index is 476. The van der Waals surface area contributed by atoms with E-state index in [0.717, 1.165) is 6.54 Å². The molecule has 1 saturated heterocycles.